The number of unbranched alkanes of at least 4 members (excludes halogenated alkanes) is 2. The first-order valence-electron chi connectivity index (χ1n) is 5.27. The third-order valence-corrected chi connectivity index (χ3v) is 2.24. The fraction of sp³-hybridized carbons (Fsp3) is 0.727. The summed E-state index contributed by atoms with van der Waals surface area (Å²) < 4.78 is 0. The molecule has 0 aromatic heterocycles. The van der Waals surface area contributed by atoms with E-state index in [0.717, 1.165) is 25.8 Å². The minimum atomic E-state index is -0.858. The number of aliphatic hydroxyl groups is 1. The fourth-order valence-electron chi connectivity index (χ4n) is 1.14. The summed E-state index contributed by atoms with van der Waals surface area (Å²) in [4.78, 5) is 12.6. The number of hydrogen-bond donors (Lipinski definition) is 2. The monoisotopic (exact) mass is 215 g/mol. The predicted octanol–water partition coefficient (Wildman–Crippen LogP) is 1.11. The molecular formula is C11H21NO3. The molecule has 0 spiro atoms. The van der Waals surface area contributed by atoms with E-state index in [-0.39, 0.29) is 6.61 Å². The van der Waals surface area contributed by atoms with Gasteiger partial charge in [-0.2, -0.15) is 0 Å². The molecule has 0 saturated heterocycles. The van der Waals surface area contributed by atoms with Gasteiger partial charge in [-0.05, 0) is 39.8 Å². The van der Waals surface area contributed by atoms with Crippen molar-refractivity contribution < 1.29 is 15.0 Å². The van der Waals surface area contributed by atoms with Crippen LogP contribution < -0.4 is 0 Å². The van der Waals surface area contributed by atoms with Crippen LogP contribution in [0, 0.1) is 0 Å². The lowest BCUT2D eigenvalue weighted by molar-refractivity contribution is -0.132. The molecule has 0 saturated carbocycles. The summed E-state index contributed by atoms with van der Waals surface area (Å²) >= 11 is 0. The van der Waals surface area contributed by atoms with Crippen LogP contribution in [-0.4, -0.2) is 47.8 Å². The van der Waals surface area contributed by atoms with E-state index in [1.807, 2.05) is 7.05 Å². The highest BCUT2D eigenvalue weighted by molar-refractivity contribution is 5.85. The molecule has 4 nitrogen and oxygen atoms in total. The van der Waals surface area contributed by atoms with Gasteiger partial charge in [-0.3, -0.25) is 0 Å². The molecule has 0 aliphatic heterocycles. The zero-order valence-corrected chi connectivity index (χ0v) is 9.57. The van der Waals surface area contributed by atoms with Gasteiger partial charge in [-0.1, -0.05) is 6.08 Å². The SMILES string of the molecule is C/C(=C/CN(C)CCCCCO)C(=O)O. The number of rotatable bonds is 8. The van der Waals surface area contributed by atoms with E-state index in [4.69, 9.17) is 10.2 Å². The van der Waals surface area contributed by atoms with Crippen LogP contribution in [0.15, 0.2) is 11.6 Å². The molecule has 2 N–H and O–H groups in total. The Morgan fingerprint density at radius 2 is 2.00 bits per heavy atom. The van der Waals surface area contributed by atoms with E-state index in [2.05, 4.69) is 4.90 Å². The van der Waals surface area contributed by atoms with Crippen LogP contribution in [0.1, 0.15) is 26.2 Å². The number of hydrogen-bond acceptors (Lipinski definition) is 3. The van der Waals surface area contributed by atoms with Gasteiger partial charge in [0.05, 0.1) is 0 Å². The van der Waals surface area contributed by atoms with Crippen LogP contribution >= 0.6 is 0 Å². The Morgan fingerprint density at radius 3 is 2.53 bits per heavy atom. The van der Waals surface area contributed by atoms with Crippen LogP contribution in [0.3, 0.4) is 0 Å². The number of likely N-dealkylation sites (N-methyl/N-ethyl adjacent to an activating group) is 1. The maximum atomic E-state index is 10.5. The second-order valence-electron chi connectivity index (χ2n) is 3.74. The number of carbonyl (C=O) groups is 1. The third-order valence-electron chi connectivity index (χ3n) is 2.24. The molecule has 0 atom stereocenters. The molecule has 0 aliphatic rings. The Balaban J connectivity index is 3.61. The topological polar surface area (TPSA) is 60.8 Å². The van der Waals surface area contributed by atoms with Crippen molar-refractivity contribution >= 4 is 5.97 Å². The van der Waals surface area contributed by atoms with Gasteiger partial charge in [0.15, 0.2) is 0 Å². The van der Waals surface area contributed by atoms with E-state index >= 15 is 0 Å². The summed E-state index contributed by atoms with van der Waals surface area (Å²) in [5, 5.41) is 17.2. The van der Waals surface area contributed by atoms with E-state index in [1.165, 1.54) is 0 Å². The molecule has 0 radical (unpaired) electrons. The smallest absolute Gasteiger partial charge is 0.330 e. The molecule has 4 heteroatoms. The molecule has 15 heavy (non-hydrogen) atoms. The zero-order chi connectivity index (χ0) is 11.7. The second-order valence-corrected chi connectivity index (χ2v) is 3.74. The molecule has 0 heterocycles. The molecule has 0 aromatic rings. The molecule has 0 aliphatic carbocycles. The lowest BCUT2D eigenvalue weighted by Crippen LogP contribution is -2.20. The highest BCUT2D eigenvalue weighted by atomic mass is 16.4. The Kier molecular flexibility index (Phi) is 7.95. The molecule has 88 valence electrons. The average Bonchev–Trinajstić information content (AvgIpc) is 2.20. The van der Waals surface area contributed by atoms with Gasteiger partial charge in [0, 0.05) is 18.7 Å². The predicted molar refractivity (Wildman–Crippen MR) is 59.8 cm³/mol. The quantitative estimate of drug-likeness (QED) is 0.470. The van der Waals surface area contributed by atoms with Gasteiger partial charge < -0.3 is 15.1 Å². The molecular weight excluding hydrogens is 194 g/mol. The van der Waals surface area contributed by atoms with Crippen LogP contribution in [-0.2, 0) is 4.79 Å². The van der Waals surface area contributed by atoms with E-state index < -0.39 is 5.97 Å². The Labute approximate surface area is 91.2 Å². The maximum Gasteiger partial charge on any atom is 0.330 e. The minimum Gasteiger partial charge on any atom is -0.478 e. The van der Waals surface area contributed by atoms with Crippen molar-refractivity contribution in [2.75, 3.05) is 26.7 Å². The van der Waals surface area contributed by atoms with Gasteiger partial charge in [0.25, 0.3) is 0 Å². The van der Waals surface area contributed by atoms with Gasteiger partial charge >= 0.3 is 5.97 Å². The summed E-state index contributed by atoms with van der Waals surface area (Å²) in [6.45, 7) is 3.45. The normalized spacial score (nSPS) is 12.1. The van der Waals surface area contributed by atoms with Crippen LogP contribution in [0.2, 0.25) is 0 Å². The molecule has 0 fully saturated rings. The second kappa shape index (κ2) is 8.44. The van der Waals surface area contributed by atoms with Crippen LogP contribution in [0.5, 0.6) is 0 Å². The fourth-order valence-corrected chi connectivity index (χ4v) is 1.14. The van der Waals surface area contributed by atoms with Crippen molar-refractivity contribution in [2.24, 2.45) is 0 Å². The maximum absolute atomic E-state index is 10.5. The van der Waals surface area contributed by atoms with Crippen molar-refractivity contribution in [3.63, 3.8) is 0 Å². The summed E-state index contributed by atoms with van der Waals surface area (Å²) in [6, 6.07) is 0. The number of carboxylic acid groups (broad SMARTS) is 1. The number of carboxylic acids is 1. The standard InChI is InChI=1S/C11H21NO3/c1-10(11(14)15)6-8-12(2)7-4-3-5-9-13/h6,13H,3-5,7-9H2,1-2H3,(H,14,15)/b10-6-. The Hall–Kier alpha value is -0.870. The van der Waals surface area contributed by atoms with Crippen LogP contribution in [0.4, 0.5) is 0 Å². The van der Waals surface area contributed by atoms with Crippen molar-refractivity contribution in [1.29, 1.82) is 0 Å². The Bertz CT molecular complexity index is 214. The molecule has 0 amide bonds. The van der Waals surface area contributed by atoms with Crippen molar-refractivity contribution in [3.8, 4) is 0 Å². The van der Waals surface area contributed by atoms with E-state index in [9.17, 15) is 4.79 Å². The van der Waals surface area contributed by atoms with Crippen molar-refractivity contribution in [2.45, 2.75) is 26.2 Å². The summed E-state index contributed by atoms with van der Waals surface area (Å²) in [5.74, 6) is -0.858. The lowest BCUT2D eigenvalue weighted by atomic mass is 10.2. The minimum absolute atomic E-state index is 0.252. The third kappa shape index (κ3) is 8.15. The van der Waals surface area contributed by atoms with Gasteiger partial charge in [-0.25, -0.2) is 4.79 Å². The first-order valence-corrected chi connectivity index (χ1v) is 5.27. The molecule has 0 unspecified atom stereocenters. The molecule has 0 bridgehead atoms. The number of nitrogens with zero attached hydrogens (tertiary/aromatic N) is 1. The summed E-state index contributed by atoms with van der Waals surface area (Å²) in [7, 11) is 1.96. The van der Waals surface area contributed by atoms with Crippen molar-refractivity contribution in [3.05, 3.63) is 11.6 Å². The number of aliphatic carboxylic acids is 1. The largest absolute Gasteiger partial charge is 0.478 e. The van der Waals surface area contributed by atoms with Gasteiger partial charge in [0.2, 0.25) is 0 Å². The average molecular weight is 215 g/mol. The first kappa shape index (κ1) is 14.1. The lowest BCUT2D eigenvalue weighted by Gasteiger charge is -2.13. The van der Waals surface area contributed by atoms with Crippen molar-refractivity contribution in [1.82, 2.24) is 4.90 Å². The Morgan fingerprint density at radius 1 is 1.33 bits per heavy atom. The van der Waals surface area contributed by atoms with Gasteiger partial charge in [-0.15, -0.1) is 0 Å². The van der Waals surface area contributed by atoms with Crippen LogP contribution in [0.25, 0.3) is 0 Å². The molecule has 0 aromatic carbocycles. The zero-order valence-electron chi connectivity index (χ0n) is 9.57. The highest BCUT2D eigenvalue weighted by Gasteiger charge is 2.00. The molecule has 0 rings (SSSR count). The van der Waals surface area contributed by atoms with Gasteiger partial charge in [0.1, 0.15) is 0 Å². The van der Waals surface area contributed by atoms with E-state index in [0.29, 0.717) is 12.1 Å². The summed E-state index contributed by atoms with van der Waals surface area (Å²) in [5.41, 5.74) is 0.386. The van der Waals surface area contributed by atoms with E-state index in [1.54, 1.807) is 13.0 Å². The highest BCUT2D eigenvalue weighted by Crippen LogP contribution is 1.98. The first-order chi connectivity index (χ1) is 7.07. The number of aliphatic hydroxyl groups excluding tert-OH is 1. The summed E-state index contributed by atoms with van der Waals surface area (Å²) in [6.07, 6.45) is 4.62.